The van der Waals surface area contributed by atoms with E-state index in [2.05, 4.69) is 10.6 Å². The number of carbonyl (C=O) groups excluding carboxylic acids is 3. The average Bonchev–Trinajstić information content (AvgIpc) is 2.32. The van der Waals surface area contributed by atoms with E-state index in [1.54, 1.807) is 20.8 Å². The number of dihydropyridines is 1. The van der Waals surface area contributed by atoms with Crippen LogP contribution in [0.1, 0.15) is 48.5 Å². The highest BCUT2D eigenvalue weighted by molar-refractivity contribution is 6.20. The Morgan fingerprint density at radius 3 is 2.35 bits per heavy atom. The van der Waals surface area contributed by atoms with Gasteiger partial charge in [0.15, 0.2) is 11.6 Å². The Morgan fingerprint density at radius 1 is 1.26 bits per heavy atom. The maximum atomic E-state index is 13.1. The van der Waals surface area contributed by atoms with Gasteiger partial charge in [-0.25, -0.2) is 0 Å². The first-order valence-electron chi connectivity index (χ1n) is 7.97. The van der Waals surface area contributed by atoms with Crippen molar-refractivity contribution < 1.29 is 14.4 Å². The third-order valence-electron chi connectivity index (χ3n) is 4.64. The number of amides is 1. The summed E-state index contributed by atoms with van der Waals surface area (Å²) in [5.74, 6) is -1.37. The fourth-order valence-electron chi connectivity index (χ4n) is 3.99. The van der Waals surface area contributed by atoms with E-state index in [0.717, 1.165) is 5.70 Å². The van der Waals surface area contributed by atoms with Gasteiger partial charge in [-0.15, -0.1) is 0 Å². The lowest BCUT2D eigenvalue weighted by molar-refractivity contribution is -0.134. The molecule has 1 saturated carbocycles. The Hall–Kier alpha value is -1.91. The number of hydrogen-bond acceptors (Lipinski definition) is 4. The second-order valence-electron chi connectivity index (χ2n) is 7.80. The van der Waals surface area contributed by atoms with Crippen LogP contribution >= 0.6 is 0 Å². The van der Waals surface area contributed by atoms with Crippen molar-refractivity contribution in [3.05, 3.63) is 22.9 Å². The molecule has 1 amide bonds. The van der Waals surface area contributed by atoms with Crippen LogP contribution in [0.4, 0.5) is 0 Å². The van der Waals surface area contributed by atoms with E-state index < -0.39 is 17.4 Å². The third kappa shape index (κ3) is 2.96. The van der Waals surface area contributed by atoms with Gasteiger partial charge in [0.25, 0.3) is 0 Å². The van der Waals surface area contributed by atoms with Gasteiger partial charge in [-0.3, -0.25) is 14.4 Å². The van der Waals surface area contributed by atoms with Crippen LogP contribution in [0.3, 0.4) is 0 Å². The summed E-state index contributed by atoms with van der Waals surface area (Å²) < 4.78 is 0. The molecule has 5 nitrogen and oxygen atoms in total. The Morgan fingerprint density at radius 2 is 1.83 bits per heavy atom. The molecule has 0 spiro atoms. The largest absolute Gasteiger partial charge is 0.380 e. The maximum absolute atomic E-state index is 13.1. The van der Waals surface area contributed by atoms with Crippen LogP contribution in [-0.4, -0.2) is 28.6 Å². The summed E-state index contributed by atoms with van der Waals surface area (Å²) in [6.07, 6.45) is 1.83. The van der Waals surface area contributed by atoms with Gasteiger partial charge >= 0.3 is 0 Å². The molecule has 1 aliphatic carbocycles. The van der Waals surface area contributed by atoms with Gasteiger partial charge in [0.2, 0.25) is 5.91 Å². The molecule has 5 heteroatoms. The Bertz CT molecular complexity index is 653. The zero-order valence-corrected chi connectivity index (χ0v) is 15.0. The molecule has 2 atom stereocenters. The predicted molar refractivity (Wildman–Crippen MR) is 88.6 cm³/mol. The first kappa shape index (κ1) is 17.4. The van der Waals surface area contributed by atoms with E-state index in [1.807, 2.05) is 26.8 Å². The van der Waals surface area contributed by atoms with Crippen molar-refractivity contribution in [1.82, 2.24) is 10.6 Å². The standard InChI is InChI=1S/C18H26N2O3/c1-9-14(18(6,7)20-11(3)21)16(23)12-8-17(4,5)19-10(2)13(12)15(9)22/h8-9,14,19H,1-7H3,(H,20,21)/t9-,14-/m1/s1. The first-order valence-corrected chi connectivity index (χ1v) is 7.97. The minimum absolute atomic E-state index is 0.0419. The van der Waals surface area contributed by atoms with Crippen LogP contribution in [0.5, 0.6) is 0 Å². The molecular weight excluding hydrogens is 292 g/mol. The minimum Gasteiger partial charge on any atom is -0.380 e. The second-order valence-corrected chi connectivity index (χ2v) is 7.80. The third-order valence-corrected chi connectivity index (χ3v) is 4.64. The fraction of sp³-hybridized carbons (Fsp3) is 0.611. The number of Topliss-reactive ketones (excluding diaryl/α,β-unsaturated/α-hetero) is 2. The number of nitrogens with one attached hydrogen (secondary N) is 2. The molecule has 1 fully saturated rings. The van der Waals surface area contributed by atoms with Crippen molar-refractivity contribution in [2.45, 2.75) is 59.5 Å². The zero-order valence-electron chi connectivity index (χ0n) is 15.0. The van der Waals surface area contributed by atoms with Crippen LogP contribution in [0, 0.1) is 11.8 Å². The van der Waals surface area contributed by atoms with E-state index in [-0.39, 0.29) is 23.0 Å². The molecule has 1 heterocycles. The topological polar surface area (TPSA) is 75.3 Å². The van der Waals surface area contributed by atoms with Crippen LogP contribution in [-0.2, 0) is 14.4 Å². The predicted octanol–water partition coefficient (Wildman–Crippen LogP) is 1.89. The van der Waals surface area contributed by atoms with Crippen molar-refractivity contribution in [3.63, 3.8) is 0 Å². The molecule has 1 aliphatic heterocycles. The van der Waals surface area contributed by atoms with E-state index in [0.29, 0.717) is 11.1 Å². The van der Waals surface area contributed by atoms with Crippen LogP contribution in [0.25, 0.3) is 0 Å². The number of carbonyl (C=O) groups is 3. The molecule has 0 saturated heterocycles. The van der Waals surface area contributed by atoms with Gasteiger partial charge < -0.3 is 10.6 Å². The van der Waals surface area contributed by atoms with E-state index >= 15 is 0 Å². The fourth-order valence-corrected chi connectivity index (χ4v) is 3.99. The summed E-state index contributed by atoms with van der Waals surface area (Å²) >= 11 is 0. The molecule has 2 rings (SSSR count). The van der Waals surface area contributed by atoms with Gasteiger partial charge in [0.1, 0.15) is 0 Å². The Kier molecular flexibility index (Phi) is 4.04. The van der Waals surface area contributed by atoms with E-state index in [9.17, 15) is 14.4 Å². The number of ketones is 2. The molecule has 0 aromatic carbocycles. The molecule has 0 bridgehead atoms. The van der Waals surface area contributed by atoms with Crippen LogP contribution in [0.2, 0.25) is 0 Å². The smallest absolute Gasteiger partial charge is 0.217 e. The molecular formula is C18H26N2O3. The number of allylic oxidation sites excluding steroid dienone is 3. The lowest BCUT2D eigenvalue weighted by atomic mass is 9.64. The number of fused-ring (bicyclic) bond motifs is 1. The van der Waals surface area contributed by atoms with Crippen molar-refractivity contribution in [2.24, 2.45) is 11.8 Å². The van der Waals surface area contributed by atoms with Crippen molar-refractivity contribution in [3.8, 4) is 0 Å². The van der Waals surface area contributed by atoms with Gasteiger partial charge in [0.05, 0.1) is 11.5 Å². The lowest BCUT2D eigenvalue weighted by Gasteiger charge is -2.43. The van der Waals surface area contributed by atoms with Crippen molar-refractivity contribution >= 4 is 17.5 Å². The molecule has 23 heavy (non-hydrogen) atoms. The Balaban J connectivity index is 2.55. The summed E-state index contributed by atoms with van der Waals surface area (Å²) in [6.45, 7) is 12.6. The molecule has 2 aliphatic rings. The quantitative estimate of drug-likeness (QED) is 0.815. The number of hydrogen-bond donors (Lipinski definition) is 2. The minimum atomic E-state index is -0.784. The van der Waals surface area contributed by atoms with Gasteiger partial charge in [-0.1, -0.05) is 6.92 Å². The van der Waals surface area contributed by atoms with Crippen LogP contribution < -0.4 is 10.6 Å². The summed E-state index contributed by atoms with van der Waals surface area (Å²) in [5.41, 5.74) is 0.554. The van der Waals surface area contributed by atoms with Gasteiger partial charge in [0, 0.05) is 35.2 Å². The van der Waals surface area contributed by atoms with Crippen molar-refractivity contribution in [2.75, 3.05) is 0 Å². The SMILES string of the molecule is CC(=O)NC(C)(C)[C@H]1C(=O)C2=CC(C)(C)NC(C)=C2C(=O)[C@@H]1C. The van der Waals surface area contributed by atoms with Gasteiger partial charge in [-0.2, -0.15) is 0 Å². The summed E-state index contributed by atoms with van der Waals surface area (Å²) in [6, 6.07) is 0. The summed E-state index contributed by atoms with van der Waals surface area (Å²) in [4.78, 5) is 37.5. The maximum Gasteiger partial charge on any atom is 0.217 e. The molecule has 0 aromatic heterocycles. The Labute approximate surface area is 137 Å². The molecule has 2 N–H and O–H groups in total. The monoisotopic (exact) mass is 318 g/mol. The highest BCUT2D eigenvalue weighted by Crippen LogP contribution is 2.41. The van der Waals surface area contributed by atoms with Crippen molar-refractivity contribution in [1.29, 1.82) is 0 Å². The average molecular weight is 318 g/mol. The zero-order chi connectivity index (χ0) is 17.7. The molecule has 126 valence electrons. The number of rotatable bonds is 2. The molecule has 0 radical (unpaired) electrons. The molecule has 0 aromatic rings. The second kappa shape index (κ2) is 5.32. The lowest BCUT2D eigenvalue weighted by Crippen LogP contribution is -2.58. The summed E-state index contributed by atoms with van der Waals surface area (Å²) in [7, 11) is 0. The van der Waals surface area contributed by atoms with Gasteiger partial charge in [-0.05, 0) is 40.7 Å². The molecule has 0 unspecified atom stereocenters. The first-order chi connectivity index (χ1) is 10.4. The normalized spacial score (nSPS) is 27.2. The van der Waals surface area contributed by atoms with E-state index in [1.165, 1.54) is 6.92 Å². The van der Waals surface area contributed by atoms with E-state index in [4.69, 9.17) is 0 Å². The van der Waals surface area contributed by atoms with Crippen LogP contribution in [0.15, 0.2) is 22.9 Å². The summed E-state index contributed by atoms with van der Waals surface area (Å²) in [5, 5.41) is 6.10. The highest BCUT2D eigenvalue weighted by Gasteiger charge is 2.50. The highest BCUT2D eigenvalue weighted by atomic mass is 16.2.